The SMILES string of the molecule is Cc1c(Cn2c(N)nc3cc(Br)c(F)cc32)cnn1C. The molecule has 0 aliphatic heterocycles. The van der Waals surface area contributed by atoms with E-state index in [4.69, 9.17) is 5.73 Å². The van der Waals surface area contributed by atoms with Crippen molar-refractivity contribution in [2.24, 2.45) is 7.05 Å². The maximum atomic E-state index is 13.7. The summed E-state index contributed by atoms with van der Waals surface area (Å²) in [6.07, 6.45) is 1.79. The molecule has 0 atom stereocenters. The summed E-state index contributed by atoms with van der Waals surface area (Å²) in [5.74, 6) is 0.0299. The minimum Gasteiger partial charge on any atom is -0.369 e. The highest BCUT2D eigenvalue weighted by atomic mass is 79.9. The van der Waals surface area contributed by atoms with Gasteiger partial charge in [0, 0.05) is 24.4 Å². The number of anilines is 1. The lowest BCUT2D eigenvalue weighted by atomic mass is 10.2. The van der Waals surface area contributed by atoms with Crippen LogP contribution in [0.15, 0.2) is 22.8 Å². The van der Waals surface area contributed by atoms with Crippen molar-refractivity contribution >= 4 is 32.9 Å². The Bertz CT molecular complexity index is 805. The van der Waals surface area contributed by atoms with Gasteiger partial charge in [0.05, 0.1) is 28.2 Å². The van der Waals surface area contributed by atoms with E-state index in [0.29, 0.717) is 28.0 Å². The lowest BCUT2D eigenvalue weighted by Gasteiger charge is -2.06. The van der Waals surface area contributed by atoms with Crippen molar-refractivity contribution in [3.63, 3.8) is 0 Å². The predicted octanol–water partition coefficient (Wildman–Crippen LogP) is 2.61. The lowest BCUT2D eigenvalue weighted by molar-refractivity contribution is 0.622. The number of rotatable bonds is 2. The van der Waals surface area contributed by atoms with E-state index in [1.165, 1.54) is 6.07 Å². The van der Waals surface area contributed by atoms with E-state index in [-0.39, 0.29) is 5.82 Å². The van der Waals surface area contributed by atoms with Gasteiger partial charge in [0.2, 0.25) is 5.95 Å². The third kappa shape index (κ3) is 1.98. The molecule has 0 spiro atoms. The van der Waals surface area contributed by atoms with E-state index >= 15 is 0 Å². The molecule has 2 heterocycles. The smallest absolute Gasteiger partial charge is 0.201 e. The number of benzene rings is 1. The second-order valence-electron chi connectivity index (χ2n) is 4.69. The van der Waals surface area contributed by atoms with Crippen LogP contribution in [0.25, 0.3) is 11.0 Å². The van der Waals surface area contributed by atoms with Crippen LogP contribution in [0, 0.1) is 12.7 Å². The molecule has 0 radical (unpaired) electrons. The molecule has 2 aromatic heterocycles. The van der Waals surface area contributed by atoms with Crippen molar-refractivity contribution in [2.75, 3.05) is 5.73 Å². The van der Waals surface area contributed by atoms with Crippen molar-refractivity contribution in [3.05, 3.63) is 39.9 Å². The predicted molar refractivity (Wildman–Crippen MR) is 78.9 cm³/mol. The molecule has 2 N–H and O–H groups in total. The standard InChI is InChI=1S/C13H13BrFN5/c1-7-8(5-17-19(7)2)6-20-12-4-10(15)9(14)3-11(12)18-13(20)16/h3-5H,6H2,1-2H3,(H2,16,18). The van der Waals surface area contributed by atoms with Crippen molar-refractivity contribution in [2.45, 2.75) is 13.5 Å². The molecule has 1 aromatic carbocycles. The highest BCUT2D eigenvalue weighted by Crippen LogP contribution is 2.26. The Morgan fingerprint density at radius 1 is 1.40 bits per heavy atom. The second-order valence-corrected chi connectivity index (χ2v) is 5.54. The summed E-state index contributed by atoms with van der Waals surface area (Å²) in [5.41, 5.74) is 9.36. The molecule has 20 heavy (non-hydrogen) atoms. The van der Waals surface area contributed by atoms with Gasteiger partial charge in [-0.15, -0.1) is 0 Å². The summed E-state index contributed by atoms with van der Waals surface area (Å²) in [7, 11) is 1.88. The largest absolute Gasteiger partial charge is 0.369 e. The molecular formula is C13H13BrFN5. The van der Waals surface area contributed by atoms with Crippen molar-refractivity contribution in [1.82, 2.24) is 19.3 Å². The third-order valence-corrected chi connectivity index (χ3v) is 4.09. The maximum absolute atomic E-state index is 13.7. The van der Waals surface area contributed by atoms with Crippen LogP contribution in [0.3, 0.4) is 0 Å². The topological polar surface area (TPSA) is 61.7 Å². The third-order valence-electron chi connectivity index (χ3n) is 3.49. The first-order valence-electron chi connectivity index (χ1n) is 6.05. The molecular weight excluding hydrogens is 325 g/mol. The summed E-state index contributed by atoms with van der Waals surface area (Å²) in [6.45, 7) is 2.50. The minimum absolute atomic E-state index is 0.332. The second kappa shape index (κ2) is 4.59. The minimum atomic E-state index is -0.332. The number of hydrogen-bond acceptors (Lipinski definition) is 3. The zero-order valence-corrected chi connectivity index (χ0v) is 12.6. The van der Waals surface area contributed by atoms with E-state index in [1.807, 2.05) is 14.0 Å². The highest BCUT2D eigenvalue weighted by Gasteiger charge is 2.13. The zero-order chi connectivity index (χ0) is 14.4. The first-order chi connectivity index (χ1) is 9.47. The Balaban J connectivity index is 2.13. The molecule has 0 aliphatic carbocycles. The van der Waals surface area contributed by atoms with Crippen LogP contribution in [0.2, 0.25) is 0 Å². The van der Waals surface area contributed by atoms with E-state index in [2.05, 4.69) is 26.0 Å². The normalized spacial score (nSPS) is 11.4. The van der Waals surface area contributed by atoms with Gasteiger partial charge >= 0.3 is 0 Å². The average Bonchev–Trinajstić information content (AvgIpc) is 2.86. The average molecular weight is 338 g/mol. The number of nitrogen functional groups attached to an aromatic ring is 1. The summed E-state index contributed by atoms with van der Waals surface area (Å²) < 4.78 is 17.7. The molecule has 5 nitrogen and oxygen atoms in total. The molecule has 0 saturated heterocycles. The fraction of sp³-hybridized carbons (Fsp3) is 0.231. The van der Waals surface area contributed by atoms with Gasteiger partial charge < -0.3 is 10.3 Å². The Labute approximate surface area is 123 Å². The number of aromatic nitrogens is 4. The van der Waals surface area contributed by atoms with Crippen LogP contribution >= 0.6 is 15.9 Å². The van der Waals surface area contributed by atoms with Crippen LogP contribution in [0.5, 0.6) is 0 Å². The number of fused-ring (bicyclic) bond motifs is 1. The van der Waals surface area contributed by atoms with Gasteiger partial charge in [0.15, 0.2) is 0 Å². The van der Waals surface area contributed by atoms with Gasteiger partial charge in [0.25, 0.3) is 0 Å². The van der Waals surface area contributed by atoms with E-state index in [9.17, 15) is 4.39 Å². The molecule has 0 saturated carbocycles. The number of aryl methyl sites for hydroxylation is 1. The Morgan fingerprint density at radius 2 is 2.15 bits per heavy atom. The van der Waals surface area contributed by atoms with Crippen molar-refractivity contribution < 1.29 is 4.39 Å². The maximum Gasteiger partial charge on any atom is 0.201 e. The summed E-state index contributed by atoms with van der Waals surface area (Å²) in [6, 6.07) is 3.07. The first kappa shape index (κ1) is 13.1. The van der Waals surface area contributed by atoms with Gasteiger partial charge in [-0.05, 0) is 28.9 Å². The Kier molecular flexibility index (Phi) is 3.01. The zero-order valence-electron chi connectivity index (χ0n) is 11.1. The molecule has 0 aliphatic rings. The Morgan fingerprint density at radius 3 is 2.80 bits per heavy atom. The molecule has 0 fully saturated rings. The van der Waals surface area contributed by atoms with E-state index < -0.39 is 0 Å². The van der Waals surface area contributed by atoms with Gasteiger partial charge in [0.1, 0.15) is 5.82 Å². The molecule has 0 bridgehead atoms. The number of imidazole rings is 1. The van der Waals surface area contributed by atoms with Crippen molar-refractivity contribution in [3.8, 4) is 0 Å². The fourth-order valence-corrected chi connectivity index (χ4v) is 2.51. The number of nitrogens with zero attached hydrogens (tertiary/aromatic N) is 4. The van der Waals surface area contributed by atoms with Crippen LogP contribution in [-0.4, -0.2) is 19.3 Å². The van der Waals surface area contributed by atoms with Crippen LogP contribution in [0.4, 0.5) is 10.3 Å². The monoisotopic (exact) mass is 337 g/mol. The van der Waals surface area contributed by atoms with Crippen LogP contribution < -0.4 is 5.73 Å². The first-order valence-corrected chi connectivity index (χ1v) is 6.85. The van der Waals surface area contributed by atoms with Gasteiger partial charge in [-0.3, -0.25) is 4.68 Å². The highest BCUT2D eigenvalue weighted by molar-refractivity contribution is 9.10. The van der Waals surface area contributed by atoms with Crippen LogP contribution in [0.1, 0.15) is 11.3 Å². The fourth-order valence-electron chi connectivity index (χ4n) is 2.17. The quantitative estimate of drug-likeness (QED) is 0.781. The molecule has 7 heteroatoms. The van der Waals surface area contributed by atoms with Crippen molar-refractivity contribution in [1.29, 1.82) is 0 Å². The molecule has 3 rings (SSSR count). The summed E-state index contributed by atoms with van der Waals surface area (Å²) >= 11 is 3.15. The summed E-state index contributed by atoms with van der Waals surface area (Å²) in [4.78, 5) is 4.26. The molecule has 104 valence electrons. The lowest BCUT2D eigenvalue weighted by Crippen LogP contribution is -2.05. The summed E-state index contributed by atoms with van der Waals surface area (Å²) in [5, 5.41) is 4.20. The number of nitrogens with two attached hydrogens (primary N) is 1. The molecule has 3 aromatic rings. The van der Waals surface area contributed by atoms with Gasteiger partial charge in [-0.2, -0.15) is 5.10 Å². The number of halogens is 2. The Hall–Kier alpha value is -1.89. The van der Waals surface area contributed by atoms with E-state index in [0.717, 1.165) is 11.3 Å². The van der Waals surface area contributed by atoms with Gasteiger partial charge in [-0.25, -0.2) is 9.37 Å². The van der Waals surface area contributed by atoms with Gasteiger partial charge in [-0.1, -0.05) is 0 Å². The molecule has 0 unspecified atom stereocenters. The van der Waals surface area contributed by atoms with E-state index in [1.54, 1.807) is 21.5 Å². The number of hydrogen-bond donors (Lipinski definition) is 1. The van der Waals surface area contributed by atoms with Crippen LogP contribution in [-0.2, 0) is 13.6 Å². The molecule has 0 amide bonds.